The molecule has 3 rings (SSSR count). The SMILES string of the molecule is Cc1oc(-c2cccs2)nc1COC(=O)CCNS(=O)(=O)c1cccc(Cl)c1. The van der Waals surface area contributed by atoms with Crippen LogP contribution in [-0.2, 0) is 26.2 Å². The monoisotopic (exact) mass is 440 g/mol. The zero-order chi connectivity index (χ0) is 20.1. The summed E-state index contributed by atoms with van der Waals surface area (Å²) >= 11 is 7.30. The summed E-state index contributed by atoms with van der Waals surface area (Å²) in [6, 6.07) is 9.65. The van der Waals surface area contributed by atoms with Crippen molar-refractivity contribution in [1.29, 1.82) is 0 Å². The van der Waals surface area contributed by atoms with E-state index in [4.69, 9.17) is 20.8 Å². The normalized spacial score (nSPS) is 11.5. The van der Waals surface area contributed by atoms with E-state index in [2.05, 4.69) is 9.71 Å². The minimum Gasteiger partial charge on any atom is -0.459 e. The van der Waals surface area contributed by atoms with E-state index in [1.165, 1.54) is 29.5 Å². The first-order valence-corrected chi connectivity index (χ1v) is 11.0. The number of sulfonamides is 1. The Morgan fingerprint density at radius 2 is 2.14 bits per heavy atom. The largest absolute Gasteiger partial charge is 0.459 e. The molecule has 2 heterocycles. The van der Waals surface area contributed by atoms with Gasteiger partial charge in [0.05, 0.1) is 16.2 Å². The van der Waals surface area contributed by atoms with E-state index in [-0.39, 0.29) is 24.5 Å². The molecule has 0 atom stereocenters. The number of benzene rings is 1. The number of hydrogen-bond acceptors (Lipinski definition) is 7. The smallest absolute Gasteiger partial charge is 0.307 e. The van der Waals surface area contributed by atoms with Gasteiger partial charge in [0.1, 0.15) is 18.1 Å². The Bertz CT molecular complexity index is 1060. The Hall–Kier alpha value is -2.20. The van der Waals surface area contributed by atoms with Crippen molar-refractivity contribution in [1.82, 2.24) is 9.71 Å². The van der Waals surface area contributed by atoms with Crippen LogP contribution in [0.1, 0.15) is 17.9 Å². The van der Waals surface area contributed by atoms with Crippen LogP contribution in [0.25, 0.3) is 10.8 Å². The molecule has 0 spiro atoms. The van der Waals surface area contributed by atoms with Crippen LogP contribution in [0.3, 0.4) is 0 Å². The van der Waals surface area contributed by atoms with Gasteiger partial charge in [-0.25, -0.2) is 18.1 Å². The lowest BCUT2D eigenvalue weighted by Crippen LogP contribution is -2.26. The maximum absolute atomic E-state index is 12.2. The molecule has 7 nitrogen and oxygen atoms in total. The molecule has 28 heavy (non-hydrogen) atoms. The maximum Gasteiger partial charge on any atom is 0.307 e. The molecule has 0 fully saturated rings. The number of oxazole rings is 1. The second-order valence-corrected chi connectivity index (χ2v) is 8.92. The lowest BCUT2D eigenvalue weighted by molar-refractivity contribution is -0.144. The fraction of sp³-hybridized carbons (Fsp3) is 0.222. The summed E-state index contributed by atoms with van der Waals surface area (Å²) in [4.78, 5) is 17.2. The number of halogens is 1. The summed E-state index contributed by atoms with van der Waals surface area (Å²) in [6.45, 7) is 1.61. The Morgan fingerprint density at radius 1 is 1.32 bits per heavy atom. The van der Waals surface area contributed by atoms with E-state index in [9.17, 15) is 13.2 Å². The van der Waals surface area contributed by atoms with Crippen molar-refractivity contribution >= 4 is 38.9 Å². The Labute approximate surface area is 171 Å². The molecule has 0 saturated heterocycles. The summed E-state index contributed by atoms with van der Waals surface area (Å²) in [5.41, 5.74) is 0.524. The Kier molecular flexibility index (Phi) is 6.50. The molecule has 0 aliphatic heterocycles. The summed E-state index contributed by atoms with van der Waals surface area (Å²) < 4.78 is 37.4. The lowest BCUT2D eigenvalue weighted by atomic mass is 10.4. The standard InChI is InChI=1S/C18H17ClN2O5S2/c1-12-15(21-18(26-12)16-6-3-9-27-16)11-25-17(22)7-8-20-28(23,24)14-5-2-4-13(19)10-14/h2-6,9-10,20H,7-8,11H2,1H3. The number of esters is 1. The number of hydrogen-bond donors (Lipinski definition) is 1. The molecule has 0 saturated carbocycles. The summed E-state index contributed by atoms with van der Waals surface area (Å²) in [7, 11) is -3.74. The molecule has 0 aliphatic rings. The van der Waals surface area contributed by atoms with Gasteiger partial charge in [0.25, 0.3) is 0 Å². The maximum atomic E-state index is 12.2. The van der Waals surface area contributed by atoms with Crippen molar-refractivity contribution in [2.24, 2.45) is 0 Å². The third kappa shape index (κ3) is 5.20. The lowest BCUT2D eigenvalue weighted by Gasteiger charge is -2.07. The van der Waals surface area contributed by atoms with Crippen molar-refractivity contribution in [3.63, 3.8) is 0 Å². The van der Waals surface area contributed by atoms with E-state index in [0.717, 1.165) is 4.88 Å². The molecule has 0 radical (unpaired) electrons. The molecule has 0 bridgehead atoms. The van der Waals surface area contributed by atoms with Crippen molar-refractivity contribution < 1.29 is 22.4 Å². The third-order valence-corrected chi connectivity index (χ3v) is 6.27. The average Bonchev–Trinajstić information content (AvgIpc) is 3.29. The van der Waals surface area contributed by atoms with Crippen molar-refractivity contribution in [3.8, 4) is 10.8 Å². The first-order chi connectivity index (χ1) is 13.3. The van der Waals surface area contributed by atoms with E-state index >= 15 is 0 Å². The van der Waals surface area contributed by atoms with Crippen LogP contribution < -0.4 is 4.72 Å². The summed E-state index contributed by atoms with van der Waals surface area (Å²) in [6.07, 6.45) is -0.117. The van der Waals surface area contributed by atoms with Gasteiger partial charge in [0.15, 0.2) is 0 Å². The van der Waals surface area contributed by atoms with Gasteiger partial charge in [-0.1, -0.05) is 23.7 Å². The number of ether oxygens (including phenoxy) is 1. The molecule has 2 aromatic heterocycles. The average molecular weight is 441 g/mol. The Balaban J connectivity index is 1.49. The number of rotatable bonds is 8. The Morgan fingerprint density at radius 3 is 2.86 bits per heavy atom. The quantitative estimate of drug-likeness (QED) is 0.535. The number of aryl methyl sites for hydroxylation is 1. The highest BCUT2D eigenvalue weighted by Crippen LogP contribution is 2.26. The fourth-order valence-electron chi connectivity index (χ4n) is 2.29. The van der Waals surface area contributed by atoms with E-state index < -0.39 is 16.0 Å². The highest BCUT2D eigenvalue weighted by molar-refractivity contribution is 7.89. The number of thiophene rings is 1. The van der Waals surface area contributed by atoms with Crippen LogP contribution in [0.5, 0.6) is 0 Å². The van der Waals surface area contributed by atoms with Gasteiger partial charge < -0.3 is 9.15 Å². The number of aromatic nitrogens is 1. The molecule has 148 valence electrons. The van der Waals surface area contributed by atoms with E-state index in [1.807, 2.05) is 17.5 Å². The molecule has 10 heteroatoms. The van der Waals surface area contributed by atoms with Gasteiger partial charge in [-0.3, -0.25) is 4.79 Å². The van der Waals surface area contributed by atoms with Crippen LogP contribution in [0.2, 0.25) is 5.02 Å². The molecule has 1 N–H and O–H groups in total. The van der Waals surface area contributed by atoms with Gasteiger partial charge >= 0.3 is 5.97 Å². The zero-order valence-electron chi connectivity index (χ0n) is 14.8. The minimum atomic E-state index is -3.74. The van der Waals surface area contributed by atoms with Gasteiger partial charge in [-0.15, -0.1) is 11.3 Å². The van der Waals surface area contributed by atoms with Crippen LogP contribution in [-0.4, -0.2) is 25.9 Å². The minimum absolute atomic E-state index is 0.0349. The number of carbonyl (C=O) groups excluding carboxylic acids is 1. The number of nitrogens with one attached hydrogen (secondary N) is 1. The number of carbonyl (C=O) groups is 1. The highest BCUT2D eigenvalue weighted by atomic mass is 35.5. The molecule has 0 unspecified atom stereocenters. The van der Waals surface area contributed by atoms with Crippen molar-refractivity contribution in [2.45, 2.75) is 24.8 Å². The molecule has 0 aliphatic carbocycles. The molecule has 3 aromatic rings. The van der Waals surface area contributed by atoms with Gasteiger partial charge in [0.2, 0.25) is 15.9 Å². The summed E-state index contributed by atoms with van der Waals surface area (Å²) in [5.74, 6) is 0.500. The van der Waals surface area contributed by atoms with Crippen LogP contribution in [0, 0.1) is 6.92 Å². The third-order valence-electron chi connectivity index (χ3n) is 3.72. The zero-order valence-corrected chi connectivity index (χ0v) is 17.2. The topological polar surface area (TPSA) is 98.5 Å². The van der Waals surface area contributed by atoms with Gasteiger partial charge in [-0.05, 0) is 36.6 Å². The summed E-state index contributed by atoms with van der Waals surface area (Å²) in [5, 5.41) is 2.23. The number of nitrogens with zero attached hydrogens (tertiary/aromatic N) is 1. The predicted molar refractivity (Wildman–Crippen MR) is 106 cm³/mol. The fourth-order valence-corrected chi connectivity index (χ4v) is 4.27. The first kappa shape index (κ1) is 20.5. The van der Waals surface area contributed by atoms with Crippen molar-refractivity contribution in [3.05, 3.63) is 58.3 Å². The molecular formula is C18H17ClN2O5S2. The van der Waals surface area contributed by atoms with Crippen LogP contribution in [0.15, 0.2) is 51.1 Å². The van der Waals surface area contributed by atoms with Gasteiger partial charge in [-0.2, -0.15) is 0 Å². The highest BCUT2D eigenvalue weighted by Gasteiger charge is 2.16. The second kappa shape index (κ2) is 8.87. The van der Waals surface area contributed by atoms with Crippen LogP contribution >= 0.6 is 22.9 Å². The first-order valence-electron chi connectivity index (χ1n) is 8.26. The molecule has 1 aromatic carbocycles. The van der Waals surface area contributed by atoms with Crippen molar-refractivity contribution in [2.75, 3.05) is 6.54 Å². The van der Waals surface area contributed by atoms with Gasteiger partial charge in [0, 0.05) is 11.6 Å². The predicted octanol–water partition coefficient (Wildman–Crippen LogP) is 3.78. The second-order valence-electron chi connectivity index (χ2n) is 5.77. The molecular weight excluding hydrogens is 424 g/mol. The van der Waals surface area contributed by atoms with E-state index in [1.54, 1.807) is 13.0 Å². The van der Waals surface area contributed by atoms with E-state index in [0.29, 0.717) is 22.4 Å². The van der Waals surface area contributed by atoms with Crippen LogP contribution in [0.4, 0.5) is 0 Å². The molecule has 0 amide bonds.